The Labute approximate surface area is 159 Å². The number of anilines is 2. The second kappa shape index (κ2) is 8.67. The molecule has 1 aliphatic rings. The second-order valence-corrected chi connectivity index (χ2v) is 6.73. The Morgan fingerprint density at radius 1 is 1.19 bits per heavy atom. The number of ether oxygens (including phenoxy) is 1. The van der Waals surface area contributed by atoms with E-state index in [4.69, 9.17) is 17.0 Å². The van der Waals surface area contributed by atoms with Crippen LogP contribution in [0.1, 0.15) is 19.8 Å². The number of nitrogens with zero attached hydrogens (tertiary/aromatic N) is 1. The first-order chi connectivity index (χ1) is 12.6. The minimum atomic E-state index is 0.0664. The molecule has 1 saturated heterocycles. The van der Waals surface area contributed by atoms with Crippen molar-refractivity contribution in [3.8, 4) is 5.75 Å². The van der Waals surface area contributed by atoms with Crippen LogP contribution in [-0.2, 0) is 4.79 Å². The van der Waals surface area contributed by atoms with Gasteiger partial charge in [-0.25, -0.2) is 0 Å². The first-order valence-electron chi connectivity index (χ1n) is 8.77. The number of thiocarbonyl (C=S) groups is 1. The summed E-state index contributed by atoms with van der Waals surface area (Å²) >= 11 is 5.36. The third-order valence-electron chi connectivity index (χ3n) is 4.13. The highest BCUT2D eigenvalue weighted by molar-refractivity contribution is 7.80. The van der Waals surface area contributed by atoms with Gasteiger partial charge in [0.05, 0.1) is 6.04 Å². The van der Waals surface area contributed by atoms with E-state index in [0.29, 0.717) is 18.1 Å². The maximum absolute atomic E-state index is 11.8. The van der Waals surface area contributed by atoms with Crippen molar-refractivity contribution in [1.82, 2.24) is 5.32 Å². The molecule has 1 aliphatic heterocycles. The van der Waals surface area contributed by atoms with E-state index in [9.17, 15) is 4.79 Å². The molecule has 2 aromatic carbocycles. The van der Waals surface area contributed by atoms with Crippen molar-refractivity contribution < 1.29 is 9.53 Å². The van der Waals surface area contributed by atoms with E-state index in [1.165, 1.54) is 0 Å². The molecule has 136 valence electrons. The lowest BCUT2D eigenvalue weighted by molar-refractivity contribution is -0.117. The van der Waals surface area contributed by atoms with Crippen LogP contribution in [0.15, 0.2) is 54.6 Å². The van der Waals surface area contributed by atoms with Crippen LogP contribution in [0.5, 0.6) is 5.75 Å². The Morgan fingerprint density at radius 3 is 2.58 bits per heavy atom. The van der Waals surface area contributed by atoms with E-state index >= 15 is 0 Å². The van der Waals surface area contributed by atoms with Crippen molar-refractivity contribution in [1.29, 1.82) is 0 Å². The van der Waals surface area contributed by atoms with E-state index in [-0.39, 0.29) is 11.9 Å². The van der Waals surface area contributed by atoms with Crippen molar-refractivity contribution in [2.45, 2.75) is 25.8 Å². The molecule has 0 aliphatic carbocycles. The highest BCUT2D eigenvalue weighted by atomic mass is 32.1. The van der Waals surface area contributed by atoms with E-state index < -0.39 is 0 Å². The lowest BCUT2D eigenvalue weighted by Gasteiger charge is -2.19. The summed E-state index contributed by atoms with van der Waals surface area (Å²) in [6.45, 7) is 3.32. The highest BCUT2D eigenvalue weighted by Gasteiger charge is 2.21. The number of para-hydroxylation sites is 1. The third kappa shape index (κ3) is 4.95. The number of nitrogens with one attached hydrogen (secondary N) is 2. The maximum atomic E-state index is 11.8. The Morgan fingerprint density at radius 2 is 1.92 bits per heavy atom. The van der Waals surface area contributed by atoms with Gasteiger partial charge < -0.3 is 20.3 Å². The summed E-state index contributed by atoms with van der Waals surface area (Å²) in [6, 6.07) is 17.5. The Bertz CT molecular complexity index is 749. The van der Waals surface area contributed by atoms with Crippen molar-refractivity contribution in [2.75, 3.05) is 23.4 Å². The summed E-state index contributed by atoms with van der Waals surface area (Å²) in [5, 5.41) is 6.91. The van der Waals surface area contributed by atoms with Gasteiger partial charge in [-0.1, -0.05) is 18.2 Å². The molecule has 26 heavy (non-hydrogen) atoms. The van der Waals surface area contributed by atoms with Gasteiger partial charge in [0.1, 0.15) is 12.4 Å². The first kappa shape index (κ1) is 18.2. The molecule has 2 aromatic rings. The maximum Gasteiger partial charge on any atom is 0.227 e. The molecular weight excluding hydrogens is 346 g/mol. The van der Waals surface area contributed by atoms with Gasteiger partial charge in [0.2, 0.25) is 5.91 Å². The molecule has 0 bridgehead atoms. The standard InChI is InChI=1S/C20H23N3O2S/c1-15(14-25-18-6-3-2-4-7-18)21-20(26)22-16-9-11-17(12-10-16)23-13-5-8-19(23)24/h2-4,6-7,9-12,15H,5,8,13-14H2,1H3,(H2,21,22,26)/t15-/m1/s1. The predicted molar refractivity (Wildman–Crippen MR) is 109 cm³/mol. The topological polar surface area (TPSA) is 53.6 Å². The van der Waals surface area contributed by atoms with Gasteiger partial charge in [0, 0.05) is 24.3 Å². The summed E-state index contributed by atoms with van der Waals surface area (Å²) in [4.78, 5) is 13.6. The van der Waals surface area contributed by atoms with E-state index in [1.807, 2.05) is 66.4 Å². The van der Waals surface area contributed by atoms with E-state index in [1.54, 1.807) is 0 Å². The number of carbonyl (C=O) groups excluding carboxylic acids is 1. The van der Waals surface area contributed by atoms with E-state index in [0.717, 1.165) is 30.1 Å². The second-order valence-electron chi connectivity index (χ2n) is 6.32. The predicted octanol–water partition coefficient (Wildman–Crippen LogP) is 3.57. The number of rotatable bonds is 6. The van der Waals surface area contributed by atoms with Gasteiger partial charge >= 0.3 is 0 Å². The quantitative estimate of drug-likeness (QED) is 0.763. The molecule has 1 heterocycles. The highest BCUT2D eigenvalue weighted by Crippen LogP contribution is 2.23. The Kier molecular flexibility index (Phi) is 6.07. The molecule has 1 atom stereocenters. The largest absolute Gasteiger partial charge is 0.491 e. The van der Waals surface area contributed by atoms with Crippen molar-refractivity contribution in [3.05, 3.63) is 54.6 Å². The lowest BCUT2D eigenvalue weighted by Crippen LogP contribution is -2.39. The van der Waals surface area contributed by atoms with Gasteiger partial charge in [0.25, 0.3) is 0 Å². The van der Waals surface area contributed by atoms with Gasteiger partial charge in [-0.3, -0.25) is 4.79 Å². The van der Waals surface area contributed by atoms with Crippen molar-refractivity contribution in [2.24, 2.45) is 0 Å². The van der Waals surface area contributed by atoms with Gasteiger partial charge in [-0.15, -0.1) is 0 Å². The fourth-order valence-electron chi connectivity index (χ4n) is 2.82. The SMILES string of the molecule is C[C@H](COc1ccccc1)NC(=S)Nc1ccc(N2CCCC2=O)cc1. The van der Waals surface area contributed by atoms with Crippen LogP contribution >= 0.6 is 12.2 Å². The number of benzene rings is 2. The molecule has 6 heteroatoms. The van der Waals surface area contributed by atoms with Gasteiger partial charge in [-0.05, 0) is 62.0 Å². The zero-order chi connectivity index (χ0) is 18.4. The molecule has 2 N–H and O–H groups in total. The summed E-state index contributed by atoms with van der Waals surface area (Å²) < 4.78 is 5.71. The van der Waals surface area contributed by atoms with Crippen LogP contribution in [0.2, 0.25) is 0 Å². The number of hydrogen-bond donors (Lipinski definition) is 2. The van der Waals surface area contributed by atoms with Gasteiger partial charge in [-0.2, -0.15) is 0 Å². The third-order valence-corrected chi connectivity index (χ3v) is 4.35. The summed E-state index contributed by atoms with van der Waals surface area (Å²) in [7, 11) is 0. The fraction of sp³-hybridized carbons (Fsp3) is 0.300. The fourth-order valence-corrected chi connectivity index (χ4v) is 3.14. The molecule has 5 nitrogen and oxygen atoms in total. The van der Waals surface area contributed by atoms with Crippen molar-refractivity contribution >= 4 is 34.6 Å². The average Bonchev–Trinajstić information content (AvgIpc) is 3.07. The molecule has 0 radical (unpaired) electrons. The Balaban J connectivity index is 1.46. The lowest BCUT2D eigenvalue weighted by atomic mass is 10.2. The van der Waals surface area contributed by atoms with Gasteiger partial charge in [0.15, 0.2) is 5.11 Å². The first-order valence-corrected chi connectivity index (χ1v) is 9.18. The molecule has 3 rings (SSSR count). The smallest absolute Gasteiger partial charge is 0.227 e. The van der Waals surface area contributed by atoms with Crippen LogP contribution in [0.3, 0.4) is 0 Å². The summed E-state index contributed by atoms with van der Waals surface area (Å²) in [5.74, 6) is 1.03. The molecule has 1 amide bonds. The molecule has 0 aromatic heterocycles. The zero-order valence-electron chi connectivity index (χ0n) is 14.8. The summed E-state index contributed by atoms with van der Waals surface area (Å²) in [5.41, 5.74) is 1.82. The van der Waals surface area contributed by atoms with Crippen LogP contribution in [0.25, 0.3) is 0 Å². The van der Waals surface area contributed by atoms with Crippen LogP contribution in [-0.4, -0.2) is 30.2 Å². The number of hydrogen-bond acceptors (Lipinski definition) is 3. The van der Waals surface area contributed by atoms with E-state index in [2.05, 4.69) is 10.6 Å². The monoisotopic (exact) mass is 369 g/mol. The van der Waals surface area contributed by atoms with Crippen molar-refractivity contribution in [3.63, 3.8) is 0 Å². The van der Waals surface area contributed by atoms with Crippen LogP contribution in [0, 0.1) is 0 Å². The molecule has 1 fully saturated rings. The van der Waals surface area contributed by atoms with Crippen LogP contribution < -0.4 is 20.3 Å². The molecular formula is C20H23N3O2S. The average molecular weight is 369 g/mol. The zero-order valence-corrected chi connectivity index (χ0v) is 15.6. The normalized spacial score (nSPS) is 14.8. The molecule has 0 unspecified atom stereocenters. The minimum Gasteiger partial charge on any atom is -0.491 e. The summed E-state index contributed by atoms with van der Waals surface area (Å²) in [6.07, 6.45) is 1.56. The molecule has 0 saturated carbocycles. The molecule has 0 spiro atoms. The number of amides is 1. The minimum absolute atomic E-state index is 0.0664. The Hall–Kier alpha value is -2.60. The number of carbonyl (C=O) groups is 1. The van der Waals surface area contributed by atoms with Crippen LogP contribution in [0.4, 0.5) is 11.4 Å².